The molecule has 6 nitrogen and oxygen atoms in total. The average Bonchev–Trinajstić information content (AvgIpc) is 3.42. The van der Waals surface area contributed by atoms with Crippen LogP contribution in [0.3, 0.4) is 0 Å². The number of thiazole rings is 1. The lowest BCUT2D eigenvalue weighted by atomic mass is 9.94. The molecule has 1 aliphatic heterocycles. The number of aromatic nitrogens is 1. The van der Waals surface area contributed by atoms with Crippen LogP contribution in [-0.4, -0.2) is 28.4 Å². The Hall–Kier alpha value is -4.23. The van der Waals surface area contributed by atoms with Crippen molar-refractivity contribution in [3.63, 3.8) is 0 Å². The fraction of sp³-hybridized carbons (Fsp3) is 0.138. The van der Waals surface area contributed by atoms with Gasteiger partial charge in [0.2, 0.25) is 5.78 Å². The second-order valence-corrected chi connectivity index (χ2v) is 9.31. The van der Waals surface area contributed by atoms with E-state index in [-0.39, 0.29) is 5.57 Å². The standard InChI is InChI=1S/C29H24N2O4S/c1-3-35-22-16-14-19(15-17-22)24-23(26(33)29(34)31(24)21-12-8-5-9-13-21)25(32)27-18(2)30-28(36-27)20-10-6-4-7-11-20/h4-17,24,33H,3H2,1-2H3. The van der Waals surface area contributed by atoms with Crippen LogP contribution in [0.25, 0.3) is 10.6 Å². The van der Waals surface area contributed by atoms with Crippen LogP contribution in [0, 0.1) is 6.92 Å². The zero-order valence-corrected chi connectivity index (χ0v) is 20.7. The van der Waals surface area contributed by atoms with Gasteiger partial charge in [0, 0.05) is 11.3 Å². The number of anilines is 1. The second-order valence-electron chi connectivity index (χ2n) is 8.31. The largest absolute Gasteiger partial charge is 0.503 e. The number of aliphatic hydroxyl groups is 1. The highest BCUT2D eigenvalue weighted by Gasteiger charge is 2.45. The molecule has 1 N–H and O–H groups in total. The lowest BCUT2D eigenvalue weighted by molar-refractivity contribution is -0.117. The molecule has 0 aliphatic carbocycles. The van der Waals surface area contributed by atoms with E-state index in [0.29, 0.717) is 39.2 Å². The lowest BCUT2D eigenvalue weighted by Gasteiger charge is -2.27. The summed E-state index contributed by atoms with van der Waals surface area (Å²) in [6, 6.07) is 25.1. The fourth-order valence-electron chi connectivity index (χ4n) is 4.35. The maximum Gasteiger partial charge on any atom is 0.294 e. The summed E-state index contributed by atoms with van der Waals surface area (Å²) < 4.78 is 5.57. The summed E-state index contributed by atoms with van der Waals surface area (Å²) >= 11 is 1.26. The molecule has 0 spiro atoms. The Morgan fingerprint density at radius 3 is 2.28 bits per heavy atom. The topological polar surface area (TPSA) is 79.7 Å². The predicted octanol–water partition coefficient (Wildman–Crippen LogP) is 6.30. The highest BCUT2D eigenvalue weighted by molar-refractivity contribution is 7.17. The van der Waals surface area contributed by atoms with Gasteiger partial charge in [-0.15, -0.1) is 11.3 Å². The van der Waals surface area contributed by atoms with E-state index in [1.807, 2.05) is 67.6 Å². The molecule has 0 fully saturated rings. The van der Waals surface area contributed by atoms with Crippen LogP contribution < -0.4 is 9.64 Å². The first-order valence-electron chi connectivity index (χ1n) is 11.6. The van der Waals surface area contributed by atoms with E-state index in [1.54, 1.807) is 31.2 Å². The van der Waals surface area contributed by atoms with E-state index in [9.17, 15) is 14.7 Å². The van der Waals surface area contributed by atoms with Crippen LogP contribution in [0.2, 0.25) is 0 Å². The molecule has 36 heavy (non-hydrogen) atoms. The van der Waals surface area contributed by atoms with Gasteiger partial charge >= 0.3 is 0 Å². The van der Waals surface area contributed by atoms with Crippen molar-refractivity contribution >= 4 is 28.7 Å². The van der Waals surface area contributed by atoms with Crippen molar-refractivity contribution in [2.45, 2.75) is 19.9 Å². The van der Waals surface area contributed by atoms with Crippen molar-refractivity contribution in [1.29, 1.82) is 0 Å². The van der Waals surface area contributed by atoms with Crippen molar-refractivity contribution < 1.29 is 19.4 Å². The van der Waals surface area contributed by atoms with Gasteiger partial charge in [-0.2, -0.15) is 0 Å². The molecule has 1 aliphatic rings. The molecule has 0 radical (unpaired) electrons. The van der Waals surface area contributed by atoms with E-state index in [0.717, 1.165) is 5.56 Å². The maximum atomic E-state index is 13.9. The number of carbonyl (C=O) groups excluding carboxylic acids is 2. The Kier molecular flexibility index (Phi) is 6.40. The molecule has 4 aromatic rings. The lowest BCUT2D eigenvalue weighted by Crippen LogP contribution is -2.31. The number of hydrogen-bond acceptors (Lipinski definition) is 6. The van der Waals surface area contributed by atoms with E-state index < -0.39 is 23.5 Å². The molecule has 2 heterocycles. The summed E-state index contributed by atoms with van der Waals surface area (Å²) in [5, 5.41) is 11.7. The Bertz CT molecular complexity index is 1440. The minimum Gasteiger partial charge on any atom is -0.503 e. The van der Waals surface area contributed by atoms with Gasteiger partial charge in [-0.25, -0.2) is 4.98 Å². The first-order chi connectivity index (χ1) is 17.5. The third kappa shape index (κ3) is 4.18. The summed E-state index contributed by atoms with van der Waals surface area (Å²) in [4.78, 5) is 33.8. The van der Waals surface area contributed by atoms with Crippen LogP contribution in [0.5, 0.6) is 5.75 Å². The zero-order valence-electron chi connectivity index (χ0n) is 19.8. The van der Waals surface area contributed by atoms with Crippen LogP contribution in [0.15, 0.2) is 96.3 Å². The number of carbonyl (C=O) groups is 2. The first-order valence-corrected chi connectivity index (χ1v) is 12.4. The van der Waals surface area contributed by atoms with Crippen molar-refractivity contribution in [1.82, 2.24) is 4.98 Å². The number of amides is 1. The van der Waals surface area contributed by atoms with Crippen molar-refractivity contribution in [3.05, 3.63) is 112 Å². The molecule has 0 saturated heterocycles. The summed E-state index contributed by atoms with van der Waals surface area (Å²) in [6.45, 7) is 4.20. The highest BCUT2D eigenvalue weighted by Crippen LogP contribution is 2.43. The number of ketones is 1. The van der Waals surface area contributed by atoms with Gasteiger partial charge in [0.25, 0.3) is 5.91 Å². The Morgan fingerprint density at radius 1 is 1.00 bits per heavy atom. The summed E-state index contributed by atoms with van der Waals surface area (Å²) in [5.74, 6) is -0.884. The quantitative estimate of drug-likeness (QED) is 0.304. The Labute approximate surface area is 213 Å². The molecule has 1 atom stereocenters. The number of aryl methyl sites for hydroxylation is 1. The van der Waals surface area contributed by atoms with Gasteiger partial charge in [0.15, 0.2) is 5.76 Å². The zero-order chi connectivity index (χ0) is 25.2. The third-order valence-electron chi connectivity index (χ3n) is 6.02. The van der Waals surface area contributed by atoms with E-state index in [2.05, 4.69) is 4.98 Å². The Morgan fingerprint density at radius 2 is 1.64 bits per heavy atom. The summed E-state index contributed by atoms with van der Waals surface area (Å²) in [5.41, 5.74) is 2.77. The van der Waals surface area contributed by atoms with Crippen LogP contribution in [-0.2, 0) is 4.79 Å². The van der Waals surface area contributed by atoms with Gasteiger partial charge in [0.05, 0.1) is 28.8 Å². The van der Waals surface area contributed by atoms with E-state index >= 15 is 0 Å². The van der Waals surface area contributed by atoms with Gasteiger partial charge in [-0.3, -0.25) is 14.5 Å². The highest BCUT2D eigenvalue weighted by atomic mass is 32.1. The van der Waals surface area contributed by atoms with Crippen LogP contribution in [0.1, 0.15) is 33.9 Å². The van der Waals surface area contributed by atoms with Gasteiger partial charge in [-0.1, -0.05) is 60.7 Å². The second kappa shape index (κ2) is 9.79. The number of nitrogens with zero attached hydrogens (tertiary/aromatic N) is 2. The van der Waals surface area contributed by atoms with Crippen molar-refractivity contribution in [2.24, 2.45) is 0 Å². The minimum absolute atomic E-state index is 0.0411. The normalized spacial score (nSPS) is 15.4. The molecule has 5 rings (SSSR count). The smallest absolute Gasteiger partial charge is 0.294 e. The van der Waals surface area contributed by atoms with Crippen molar-refractivity contribution in [2.75, 3.05) is 11.5 Å². The van der Waals surface area contributed by atoms with E-state index in [4.69, 9.17) is 4.74 Å². The molecular formula is C29H24N2O4S. The molecule has 0 bridgehead atoms. The maximum absolute atomic E-state index is 13.9. The van der Waals surface area contributed by atoms with Crippen LogP contribution >= 0.6 is 11.3 Å². The van der Waals surface area contributed by atoms with Crippen molar-refractivity contribution in [3.8, 4) is 16.3 Å². The molecule has 0 saturated carbocycles. The molecular weight excluding hydrogens is 472 g/mol. The van der Waals surface area contributed by atoms with Gasteiger partial charge in [0.1, 0.15) is 10.8 Å². The monoisotopic (exact) mass is 496 g/mol. The number of ether oxygens (including phenoxy) is 1. The molecule has 1 unspecified atom stereocenters. The number of benzene rings is 3. The Balaban J connectivity index is 1.61. The summed E-state index contributed by atoms with van der Waals surface area (Å²) in [7, 11) is 0. The molecule has 7 heteroatoms. The average molecular weight is 497 g/mol. The van der Waals surface area contributed by atoms with Gasteiger partial charge in [-0.05, 0) is 43.7 Å². The number of hydrogen-bond donors (Lipinski definition) is 1. The minimum atomic E-state index is -0.801. The molecule has 1 aromatic heterocycles. The summed E-state index contributed by atoms with van der Waals surface area (Å²) in [6.07, 6.45) is 0. The third-order valence-corrected chi connectivity index (χ3v) is 7.22. The molecule has 3 aromatic carbocycles. The number of aliphatic hydroxyl groups excluding tert-OH is 1. The fourth-order valence-corrected chi connectivity index (χ4v) is 5.38. The molecule has 180 valence electrons. The number of rotatable bonds is 7. The first kappa shape index (κ1) is 23.5. The van der Waals surface area contributed by atoms with E-state index in [1.165, 1.54) is 16.2 Å². The van der Waals surface area contributed by atoms with Crippen LogP contribution in [0.4, 0.5) is 5.69 Å². The number of Topliss-reactive ketones (excluding diaryl/α,β-unsaturated/α-hetero) is 1. The SMILES string of the molecule is CCOc1ccc(C2C(C(=O)c3sc(-c4ccccc4)nc3C)=C(O)C(=O)N2c2ccccc2)cc1. The predicted molar refractivity (Wildman–Crippen MR) is 141 cm³/mol. The molecule has 1 amide bonds. The van der Waals surface area contributed by atoms with Gasteiger partial charge < -0.3 is 9.84 Å². The number of para-hydroxylation sites is 1.